The summed E-state index contributed by atoms with van der Waals surface area (Å²) in [5.41, 5.74) is 0. The van der Waals surface area contributed by atoms with Gasteiger partial charge in [-0.15, -0.1) is 0 Å². The van der Waals surface area contributed by atoms with Crippen molar-refractivity contribution >= 4 is 5.96 Å². The lowest BCUT2D eigenvalue weighted by Crippen LogP contribution is -2.53. The number of aliphatic hydroxyl groups is 2. The maximum Gasteiger partial charge on any atom is 0.191 e. The number of hydrogen-bond acceptors (Lipinski definition) is 8. The third-order valence-electron chi connectivity index (χ3n) is 3.64. The van der Waals surface area contributed by atoms with Crippen LogP contribution in [-0.4, -0.2) is 72.3 Å². The number of hydrogen-bond donors (Lipinski definition) is 4. The normalized spacial score (nSPS) is 40.1. The Bertz CT molecular complexity index is 403. The van der Waals surface area contributed by atoms with E-state index in [1.54, 1.807) is 13.8 Å². The van der Waals surface area contributed by atoms with Gasteiger partial charge in [-0.1, -0.05) is 0 Å². The number of ether oxygens (including phenoxy) is 3. The molecule has 0 amide bonds. The average molecular weight is 287 g/mol. The first-order chi connectivity index (χ1) is 9.50. The van der Waals surface area contributed by atoms with Crippen molar-refractivity contribution in [3.05, 3.63) is 0 Å². The molecule has 0 unspecified atom stereocenters. The summed E-state index contributed by atoms with van der Waals surface area (Å²) in [6.07, 6.45) is -2.63. The van der Waals surface area contributed by atoms with Gasteiger partial charge in [0.2, 0.25) is 0 Å². The monoisotopic (exact) mass is 287 g/mol. The highest BCUT2D eigenvalue weighted by molar-refractivity contribution is 5.81. The molecule has 3 heterocycles. The van der Waals surface area contributed by atoms with Gasteiger partial charge in [0.15, 0.2) is 18.0 Å². The molecule has 5 atom stereocenters. The summed E-state index contributed by atoms with van der Waals surface area (Å²) in [5, 5.41) is 25.9. The number of nitrogens with one attached hydrogen (secondary N) is 2. The topological polar surface area (TPSA) is 105 Å². The minimum atomic E-state index is -0.867. The predicted octanol–water partition coefficient (Wildman–Crippen LogP) is -1.87. The molecule has 20 heavy (non-hydrogen) atoms. The largest absolute Gasteiger partial charge is 0.394 e. The molecule has 3 aliphatic rings. The molecule has 0 bridgehead atoms. The van der Waals surface area contributed by atoms with Gasteiger partial charge in [-0.3, -0.25) is 4.99 Å². The molecule has 114 valence electrons. The predicted molar refractivity (Wildman–Crippen MR) is 69.0 cm³/mol. The van der Waals surface area contributed by atoms with Crippen LogP contribution in [-0.2, 0) is 14.2 Å². The minimum absolute atomic E-state index is 0.189. The second-order valence-corrected chi connectivity index (χ2v) is 5.65. The van der Waals surface area contributed by atoms with Crippen LogP contribution in [0, 0.1) is 0 Å². The molecule has 3 aliphatic heterocycles. The summed E-state index contributed by atoms with van der Waals surface area (Å²) in [5.74, 6) is -0.153. The van der Waals surface area contributed by atoms with E-state index in [-0.39, 0.29) is 6.61 Å². The van der Waals surface area contributed by atoms with Crippen molar-refractivity contribution in [2.24, 2.45) is 4.99 Å². The van der Waals surface area contributed by atoms with Crippen LogP contribution in [0.15, 0.2) is 4.99 Å². The molecule has 0 saturated carbocycles. The lowest BCUT2D eigenvalue weighted by atomic mass is 10.0. The molecule has 8 heteroatoms. The van der Waals surface area contributed by atoms with Crippen LogP contribution in [0.25, 0.3) is 0 Å². The fourth-order valence-corrected chi connectivity index (χ4v) is 2.75. The molecular formula is C12H21N3O5. The van der Waals surface area contributed by atoms with E-state index in [1.807, 2.05) is 0 Å². The average Bonchev–Trinajstić information content (AvgIpc) is 3.05. The Labute approximate surface area is 117 Å². The molecule has 4 N–H and O–H groups in total. The lowest BCUT2D eigenvalue weighted by Gasteiger charge is -2.28. The highest BCUT2D eigenvalue weighted by Crippen LogP contribution is 2.38. The molecule has 3 rings (SSSR count). The number of nitrogens with zero attached hydrogens (tertiary/aromatic N) is 1. The van der Waals surface area contributed by atoms with E-state index in [0.29, 0.717) is 12.5 Å². The van der Waals surface area contributed by atoms with E-state index in [4.69, 9.17) is 14.2 Å². The van der Waals surface area contributed by atoms with Gasteiger partial charge >= 0.3 is 0 Å². The summed E-state index contributed by atoms with van der Waals surface area (Å²) >= 11 is 0. The Morgan fingerprint density at radius 1 is 1.50 bits per heavy atom. The van der Waals surface area contributed by atoms with Gasteiger partial charge in [-0.2, -0.15) is 0 Å². The van der Waals surface area contributed by atoms with E-state index < -0.39 is 36.4 Å². The molecule has 0 aromatic rings. The third-order valence-corrected chi connectivity index (χ3v) is 3.64. The summed E-state index contributed by atoms with van der Waals surface area (Å²) in [6, 6.07) is -0.477. The Kier molecular flexibility index (Phi) is 3.59. The van der Waals surface area contributed by atoms with Crippen molar-refractivity contribution in [2.75, 3.05) is 19.7 Å². The first-order valence-corrected chi connectivity index (χ1v) is 6.85. The SMILES string of the molecule is CC1(C)O[C@H]2O[C@H]([C@@H](CO)NC3=NCCN3)[C@H](O)[C@H]2O1. The maximum absolute atomic E-state index is 10.3. The van der Waals surface area contributed by atoms with Crippen molar-refractivity contribution in [2.45, 2.75) is 50.3 Å². The Balaban J connectivity index is 1.65. The minimum Gasteiger partial charge on any atom is -0.394 e. The first kappa shape index (κ1) is 14.0. The van der Waals surface area contributed by atoms with Gasteiger partial charge in [0.05, 0.1) is 19.2 Å². The highest BCUT2D eigenvalue weighted by Gasteiger charge is 2.56. The Morgan fingerprint density at radius 2 is 2.30 bits per heavy atom. The molecule has 0 aliphatic carbocycles. The molecule has 2 fully saturated rings. The Morgan fingerprint density at radius 3 is 2.90 bits per heavy atom. The number of aliphatic imine (C=N–C) groups is 1. The van der Waals surface area contributed by atoms with Crippen LogP contribution in [0.3, 0.4) is 0 Å². The van der Waals surface area contributed by atoms with Crippen LogP contribution < -0.4 is 10.6 Å². The summed E-state index contributed by atoms with van der Waals surface area (Å²) in [6.45, 7) is 4.82. The van der Waals surface area contributed by atoms with Gasteiger partial charge in [-0.05, 0) is 13.8 Å². The van der Waals surface area contributed by atoms with Gasteiger partial charge in [0, 0.05) is 6.54 Å². The fraction of sp³-hybridized carbons (Fsp3) is 0.917. The molecule has 2 saturated heterocycles. The second-order valence-electron chi connectivity index (χ2n) is 5.65. The van der Waals surface area contributed by atoms with E-state index in [0.717, 1.165) is 6.54 Å². The van der Waals surface area contributed by atoms with Crippen molar-refractivity contribution in [1.29, 1.82) is 0 Å². The van der Waals surface area contributed by atoms with Gasteiger partial charge in [0.1, 0.15) is 18.3 Å². The Hall–Kier alpha value is -0.930. The molecule has 0 aromatic carbocycles. The maximum atomic E-state index is 10.3. The first-order valence-electron chi connectivity index (χ1n) is 6.85. The standard InChI is InChI=1S/C12H21N3O5/c1-12(2)19-9-7(17)8(18-10(9)20-12)6(5-16)15-11-13-3-4-14-11/h6-10,16-17H,3-5H2,1-2H3,(H2,13,14,15)/t6-,7+,8-,9-,10-/m1/s1. The summed E-state index contributed by atoms with van der Waals surface area (Å²) < 4.78 is 16.9. The van der Waals surface area contributed by atoms with Crippen molar-refractivity contribution in [3.63, 3.8) is 0 Å². The van der Waals surface area contributed by atoms with Crippen molar-refractivity contribution in [3.8, 4) is 0 Å². The second kappa shape index (κ2) is 5.12. The van der Waals surface area contributed by atoms with E-state index >= 15 is 0 Å². The van der Waals surface area contributed by atoms with Crippen LogP contribution >= 0.6 is 0 Å². The lowest BCUT2D eigenvalue weighted by molar-refractivity contribution is -0.218. The molecule has 0 spiro atoms. The zero-order chi connectivity index (χ0) is 14.3. The zero-order valence-electron chi connectivity index (χ0n) is 11.6. The molecule has 0 aromatic heterocycles. The molecular weight excluding hydrogens is 266 g/mol. The van der Waals surface area contributed by atoms with E-state index in [9.17, 15) is 10.2 Å². The molecule has 8 nitrogen and oxygen atoms in total. The molecule has 0 radical (unpaired) electrons. The quantitative estimate of drug-likeness (QED) is 0.482. The third kappa shape index (κ3) is 2.49. The van der Waals surface area contributed by atoms with Crippen molar-refractivity contribution < 1.29 is 24.4 Å². The highest BCUT2D eigenvalue weighted by atomic mass is 16.8. The smallest absolute Gasteiger partial charge is 0.191 e. The van der Waals surface area contributed by atoms with Crippen LogP contribution in [0.2, 0.25) is 0 Å². The summed E-state index contributed by atoms with van der Waals surface area (Å²) in [7, 11) is 0. The number of rotatable bonds is 3. The number of aliphatic hydroxyl groups excluding tert-OH is 2. The fourth-order valence-electron chi connectivity index (χ4n) is 2.75. The van der Waals surface area contributed by atoms with Gasteiger partial charge in [0.25, 0.3) is 0 Å². The van der Waals surface area contributed by atoms with E-state index in [2.05, 4.69) is 15.6 Å². The zero-order valence-corrected chi connectivity index (χ0v) is 11.6. The number of guanidine groups is 1. The van der Waals surface area contributed by atoms with Gasteiger partial charge in [-0.25, -0.2) is 0 Å². The van der Waals surface area contributed by atoms with Crippen LogP contribution in [0.4, 0.5) is 0 Å². The van der Waals surface area contributed by atoms with Gasteiger partial charge < -0.3 is 35.1 Å². The summed E-state index contributed by atoms with van der Waals surface area (Å²) in [4.78, 5) is 4.20. The van der Waals surface area contributed by atoms with Crippen LogP contribution in [0.5, 0.6) is 0 Å². The van der Waals surface area contributed by atoms with Crippen LogP contribution in [0.1, 0.15) is 13.8 Å². The number of fused-ring (bicyclic) bond motifs is 1. The van der Waals surface area contributed by atoms with E-state index in [1.165, 1.54) is 0 Å². The van der Waals surface area contributed by atoms with Crippen molar-refractivity contribution in [1.82, 2.24) is 10.6 Å².